The van der Waals surface area contributed by atoms with Gasteiger partial charge in [-0.3, -0.25) is 0 Å². The van der Waals surface area contributed by atoms with Crippen LogP contribution in [0.25, 0.3) is 16.2 Å². The minimum Gasteiger partial charge on any atom is -0.462 e. The third-order valence-electron chi connectivity index (χ3n) is 3.92. The van der Waals surface area contributed by atoms with Crippen LogP contribution < -0.4 is 5.32 Å². The first-order valence-electron chi connectivity index (χ1n) is 8.53. The predicted molar refractivity (Wildman–Crippen MR) is 112 cm³/mol. The van der Waals surface area contributed by atoms with Crippen LogP contribution in [0, 0.1) is 6.92 Å². The van der Waals surface area contributed by atoms with E-state index in [1.54, 1.807) is 30.5 Å². The van der Waals surface area contributed by atoms with Crippen molar-refractivity contribution in [1.29, 1.82) is 0 Å². The largest absolute Gasteiger partial charge is 0.462 e. The number of nitrogens with one attached hydrogen (secondary N) is 1. The van der Waals surface area contributed by atoms with Gasteiger partial charge in [0.25, 0.3) is 0 Å². The number of anilines is 2. The topological polar surface area (TPSA) is 94.3 Å². The molecule has 148 valence electrons. The number of carbonyl (C=O) groups excluding carboxylic acids is 1. The average molecular weight is 449 g/mol. The monoisotopic (exact) mass is 448 g/mol. The molecule has 29 heavy (non-hydrogen) atoms. The molecule has 1 aromatic carbocycles. The highest BCUT2D eigenvalue weighted by atomic mass is 35.5. The molecule has 0 radical (unpaired) electrons. The molecule has 0 aliphatic carbocycles. The smallest absolute Gasteiger partial charge is 0.343 e. The van der Waals surface area contributed by atoms with E-state index in [0.717, 1.165) is 11.3 Å². The lowest BCUT2D eigenvalue weighted by molar-refractivity contribution is 0.0526. The SMILES string of the molecule is CCOC(=O)c1cnc(C)nc1Nc1nc2scc(-c3ccc(Cl)cc3Cl)n2n1. The summed E-state index contributed by atoms with van der Waals surface area (Å²) in [5.41, 5.74) is 1.76. The molecule has 1 N–H and O–H groups in total. The molecular weight excluding hydrogens is 435 g/mol. The summed E-state index contributed by atoms with van der Waals surface area (Å²) in [5.74, 6) is 0.534. The minimum atomic E-state index is -0.523. The number of hydrogen-bond acceptors (Lipinski definition) is 8. The van der Waals surface area contributed by atoms with Crippen molar-refractivity contribution in [3.05, 3.63) is 51.2 Å². The van der Waals surface area contributed by atoms with E-state index < -0.39 is 5.97 Å². The number of fused-ring (bicyclic) bond motifs is 1. The molecule has 0 bridgehead atoms. The molecule has 0 unspecified atom stereocenters. The third kappa shape index (κ3) is 3.89. The van der Waals surface area contributed by atoms with E-state index in [-0.39, 0.29) is 23.9 Å². The summed E-state index contributed by atoms with van der Waals surface area (Å²) in [4.78, 5) is 25.6. The van der Waals surface area contributed by atoms with Gasteiger partial charge in [0, 0.05) is 22.2 Å². The van der Waals surface area contributed by atoms with Gasteiger partial charge in [0.1, 0.15) is 11.4 Å². The molecular formula is C18H14Cl2N6O2S. The molecule has 0 aliphatic heterocycles. The fourth-order valence-corrected chi connectivity index (χ4v) is 3.97. The highest BCUT2D eigenvalue weighted by Gasteiger charge is 2.19. The first-order chi connectivity index (χ1) is 14.0. The van der Waals surface area contributed by atoms with Gasteiger partial charge in [0.05, 0.1) is 17.3 Å². The van der Waals surface area contributed by atoms with Gasteiger partial charge in [-0.1, -0.05) is 23.2 Å². The lowest BCUT2D eigenvalue weighted by Gasteiger charge is -2.08. The van der Waals surface area contributed by atoms with E-state index in [4.69, 9.17) is 27.9 Å². The van der Waals surface area contributed by atoms with Crippen molar-refractivity contribution in [3.63, 3.8) is 0 Å². The summed E-state index contributed by atoms with van der Waals surface area (Å²) in [7, 11) is 0. The summed E-state index contributed by atoms with van der Waals surface area (Å²) in [6.45, 7) is 3.70. The molecule has 0 fully saturated rings. The maximum atomic E-state index is 12.2. The average Bonchev–Trinajstić information content (AvgIpc) is 3.22. The number of aromatic nitrogens is 5. The van der Waals surface area contributed by atoms with E-state index in [0.29, 0.717) is 20.8 Å². The van der Waals surface area contributed by atoms with Gasteiger partial charge in [-0.15, -0.1) is 16.4 Å². The zero-order valence-electron chi connectivity index (χ0n) is 15.3. The third-order valence-corrected chi connectivity index (χ3v) is 5.29. The van der Waals surface area contributed by atoms with Crippen molar-refractivity contribution in [2.24, 2.45) is 0 Å². The Kier molecular flexibility index (Phi) is 5.35. The Labute approximate surface area is 179 Å². The zero-order valence-corrected chi connectivity index (χ0v) is 17.6. The fraction of sp³-hybridized carbons (Fsp3) is 0.167. The van der Waals surface area contributed by atoms with Crippen LogP contribution in [0.3, 0.4) is 0 Å². The Hall–Kier alpha value is -2.75. The lowest BCUT2D eigenvalue weighted by Crippen LogP contribution is -2.11. The van der Waals surface area contributed by atoms with Gasteiger partial charge >= 0.3 is 5.97 Å². The quantitative estimate of drug-likeness (QED) is 0.438. The first-order valence-corrected chi connectivity index (χ1v) is 10.2. The van der Waals surface area contributed by atoms with Crippen LogP contribution in [0.2, 0.25) is 10.0 Å². The van der Waals surface area contributed by atoms with Crippen LogP contribution in [0.1, 0.15) is 23.1 Å². The Morgan fingerprint density at radius 3 is 2.90 bits per heavy atom. The molecule has 3 heterocycles. The van der Waals surface area contributed by atoms with Crippen molar-refractivity contribution in [1.82, 2.24) is 24.6 Å². The fourth-order valence-electron chi connectivity index (χ4n) is 2.65. The second kappa shape index (κ2) is 7.94. The molecule has 0 amide bonds. The van der Waals surface area contributed by atoms with E-state index in [1.807, 2.05) is 11.4 Å². The molecule has 0 atom stereocenters. The molecule has 11 heteroatoms. The number of hydrogen-bond donors (Lipinski definition) is 1. The number of rotatable bonds is 5. The molecule has 8 nitrogen and oxygen atoms in total. The van der Waals surface area contributed by atoms with Crippen LogP contribution in [-0.2, 0) is 4.74 Å². The van der Waals surface area contributed by atoms with Crippen molar-refractivity contribution in [2.45, 2.75) is 13.8 Å². The summed E-state index contributed by atoms with van der Waals surface area (Å²) >= 11 is 13.7. The van der Waals surface area contributed by atoms with Gasteiger partial charge in [-0.25, -0.2) is 19.3 Å². The zero-order chi connectivity index (χ0) is 20.5. The van der Waals surface area contributed by atoms with Crippen LogP contribution in [0.4, 0.5) is 11.8 Å². The Morgan fingerprint density at radius 2 is 2.14 bits per heavy atom. The van der Waals surface area contributed by atoms with Gasteiger partial charge in [-0.05, 0) is 32.0 Å². The highest BCUT2D eigenvalue weighted by Crippen LogP contribution is 2.33. The van der Waals surface area contributed by atoms with E-state index in [9.17, 15) is 4.79 Å². The maximum absolute atomic E-state index is 12.2. The number of aryl methyl sites for hydroxylation is 1. The number of benzene rings is 1. The van der Waals surface area contributed by atoms with Crippen molar-refractivity contribution in [3.8, 4) is 11.3 Å². The minimum absolute atomic E-state index is 0.205. The lowest BCUT2D eigenvalue weighted by atomic mass is 10.2. The van der Waals surface area contributed by atoms with Crippen molar-refractivity contribution >= 4 is 57.2 Å². The van der Waals surface area contributed by atoms with Gasteiger partial charge in [0.2, 0.25) is 10.9 Å². The van der Waals surface area contributed by atoms with Crippen LogP contribution in [-0.4, -0.2) is 37.1 Å². The molecule has 4 aromatic rings. The molecule has 0 saturated heterocycles. The number of thiazole rings is 1. The number of nitrogens with zero attached hydrogens (tertiary/aromatic N) is 5. The molecule has 0 aliphatic rings. The van der Waals surface area contributed by atoms with Crippen molar-refractivity contribution < 1.29 is 9.53 Å². The molecule has 3 aromatic heterocycles. The number of ether oxygens (including phenoxy) is 1. The molecule has 0 saturated carbocycles. The maximum Gasteiger partial charge on any atom is 0.343 e. The van der Waals surface area contributed by atoms with Gasteiger partial charge in [0.15, 0.2) is 5.82 Å². The van der Waals surface area contributed by atoms with Crippen LogP contribution >= 0.6 is 34.5 Å². The summed E-state index contributed by atoms with van der Waals surface area (Å²) in [6.07, 6.45) is 1.42. The highest BCUT2D eigenvalue weighted by molar-refractivity contribution is 7.15. The summed E-state index contributed by atoms with van der Waals surface area (Å²) in [6, 6.07) is 5.26. The first kappa shape index (κ1) is 19.6. The summed E-state index contributed by atoms with van der Waals surface area (Å²) < 4.78 is 6.73. The number of carbonyl (C=O) groups is 1. The van der Waals surface area contributed by atoms with E-state index in [1.165, 1.54) is 17.5 Å². The normalized spacial score (nSPS) is 11.0. The standard InChI is InChI=1S/C18H14Cl2N6O2S/c1-3-28-16(27)12-7-21-9(2)22-15(12)23-17-24-18-26(25-17)14(8-29-18)11-5-4-10(19)6-13(11)20/h4-8H,3H2,1-2H3,(H,21,22,23,25). The number of esters is 1. The second-order valence-electron chi connectivity index (χ2n) is 5.90. The Bertz CT molecular complexity index is 1220. The van der Waals surface area contributed by atoms with Crippen molar-refractivity contribution in [2.75, 3.05) is 11.9 Å². The second-order valence-corrected chi connectivity index (χ2v) is 7.58. The number of halogens is 2. The Morgan fingerprint density at radius 1 is 1.31 bits per heavy atom. The van der Waals surface area contributed by atoms with Gasteiger partial charge in [-0.2, -0.15) is 4.98 Å². The van der Waals surface area contributed by atoms with E-state index in [2.05, 4.69) is 25.4 Å². The Balaban J connectivity index is 1.71. The predicted octanol–water partition coefficient (Wildman–Crippen LogP) is 4.78. The van der Waals surface area contributed by atoms with E-state index >= 15 is 0 Å². The van der Waals surface area contributed by atoms with Crippen LogP contribution in [0.15, 0.2) is 29.8 Å². The molecule has 0 spiro atoms. The molecule has 4 rings (SSSR count). The summed E-state index contributed by atoms with van der Waals surface area (Å²) in [5, 5.41) is 10.4. The van der Waals surface area contributed by atoms with Crippen LogP contribution in [0.5, 0.6) is 0 Å². The van der Waals surface area contributed by atoms with Gasteiger partial charge < -0.3 is 10.1 Å².